The minimum Gasteiger partial charge on any atom is -0.748 e. The molecular formula is C23H47NaO4S. The van der Waals surface area contributed by atoms with Crippen LogP contribution in [0.25, 0.3) is 0 Å². The van der Waals surface area contributed by atoms with E-state index < -0.39 is 15.4 Å². The summed E-state index contributed by atoms with van der Waals surface area (Å²) < 4.78 is 34.1. The quantitative estimate of drug-likeness (QED) is 0.167. The molecule has 0 aromatic carbocycles. The van der Waals surface area contributed by atoms with Crippen molar-refractivity contribution in [1.82, 2.24) is 0 Å². The van der Waals surface area contributed by atoms with Crippen molar-refractivity contribution in [3.63, 3.8) is 0 Å². The van der Waals surface area contributed by atoms with Crippen LogP contribution >= 0.6 is 0 Å². The maximum Gasteiger partial charge on any atom is 1.00 e. The Bertz CT molecular complexity index is 429. The average Bonchev–Trinajstić information content (AvgIpc) is 2.64. The smallest absolute Gasteiger partial charge is 0.748 e. The molecule has 0 aliphatic rings. The maximum atomic E-state index is 11.4. The Labute approximate surface area is 204 Å². The number of hydrogen-bond donors (Lipinski definition) is 1. The predicted molar refractivity (Wildman–Crippen MR) is 119 cm³/mol. The van der Waals surface area contributed by atoms with Crippen LogP contribution in [0.3, 0.4) is 0 Å². The molecule has 0 bridgehead atoms. The number of hydrogen-bond acceptors (Lipinski definition) is 4. The van der Waals surface area contributed by atoms with Gasteiger partial charge in [0.2, 0.25) is 0 Å². The molecule has 6 heteroatoms. The summed E-state index contributed by atoms with van der Waals surface area (Å²) in [4.78, 5) is 0. The molecule has 170 valence electrons. The molecule has 0 spiro atoms. The molecule has 0 saturated carbocycles. The molecule has 0 aromatic heterocycles. The summed E-state index contributed by atoms with van der Waals surface area (Å²) in [6.07, 6.45) is 19.6. The van der Waals surface area contributed by atoms with Crippen LogP contribution in [0.2, 0.25) is 0 Å². The second kappa shape index (κ2) is 22.1. The zero-order valence-electron chi connectivity index (χ0n) is 19.7. The monoisotopic (exact) mass is 442 g/mol. The first-order chi connectivity index (χ1) is 13.4. The van der Waals surface area contributed by atoms with E-state index in [2.05, 4.69) is 13.8 Å². The normalized spacial score (nSPS) is 13.8. The number of aliphatic hydroxyl groups is 1. The maximum absolute atomic E-state index is 11.4. The van der Waals surface area contributed by atoms with E-state index >= 15 is 0 Å². The van der Waals surface area contributed by atoms with E-state index in [4.69, 9.17) is 0 Å². The third-order valence-corrected chi connectivity index (χ3v) is 7.03. The minimum atomic E-state index is -4.21. The topological polar surface area (TPSA) is 77.4 Å². The van der Waals surface area contributed by atoms with Crippen molar-refractivity contribution < 1.29 is 47.6 Å². The fraction of sp³-hybridized carbons (Fsp3) is 1.00. The van der Waals surface area contributed by atoms with Gasteiger partial charge in [0.1, 0.15) is 0 Å². The van der Waals surface area contributed by atoms with Gasteiger partial charge >= 0.3 is 29.6 Å². The third kappa shape index (κ3) is 21.9. The Morgan fingerprint density at radius 1 is 0.621 bits per heavy atom. The van der Waals surface area contributed by atoms with Crippen molar-refractivity contribution in [3.05, 3.63) is 0 Å². The molecule has 4 nitrogen and oxygen atoms in total. The molecule has 0 saturated heterocycles. The van der Waals surface area contributed by atoms with Gasteiger partial charge < -0.3 is 9.66 Å². The largest absolute Gasteiger partial charge is 1.00 e. The van der Waals surface area contributed by atoms with Crippen molar-refractivity contribution in [2.24, 2.45) is 0 Å². The van der Waals surface area contributed by atoms with Crippen LogP contribution < -0.4 is 29.6 Å². The Balaban J connectivity index is 0. The Hall–Kier alpha value is 0.870. The Morgan fingerprint density at radius 2 is 0.966 bits per heavy atom. The molecular weight excluding hydrogens is 395 g/mol. The molecule has 29 heavy (non-hydrogen) atoms. The van der Waals surface area contributed by atoms with Crippen molar-refractivity contribution in [2.75, 3.05) is 0 Å². The fourth-order valence-corrected chi connectivity index (χ4v) is 4.74. The third-order valence-electron chi connectivity index (χ3n) is 5.74. The first kappa shape index (κ1) is 32.1. The van der Waals surface area contributed by atoms with Gasteiger partial charge in [-0.1, -0.05) is 104 Å². The van der Waals surface area contributed by atoms with E-state index in [0.29, 0.717) is 25.7 Å². The summed E-state index contributed by atoms with van der Waals surface area (Å²) >= 11 is 0. The second-order valence-corrected chi connectivity index (χ2v) is 10.2. The van der Waals surface area contributed by atoms with E-state index in [1.54, 1.807) is 0 Å². The second-order valence-electron chi connectivity index (χ2n) is 8.52. The first-order valence-corrected chi connectivity index (χ1v) is 13.5. The molecule has 0 heterocycles. The van der Waals surface area contributed by atoms with Crippen LogP contribution in [-0.4, -0.2) is 29.4 Å². The molecule has 1 N–H and O–H groups in total. The zero-order chi connectivity index (χ0) is 21.1. The van der Waals surface area contributed by atoms with Crippen LogP contribution in [0, 0.1) is 0 Å². The molecule has 0 aromatic rings. The van der Waals surface area contributed by atoms with Gasteiger partial charge in [-0.15, -0.1) is 0 Å². The average molecular weight is 443 g/mol. The zero-order valence-corrected chi connectivity index (χ0v) is 22.5. The molecule has 0 aliphatic heterocycles. The number of unbranched alkanes of at least 4 members (excludes halogenated alkanes) is 12. The number of aliphatic hydroxyl groups excluding tert-OH is 1. The van der Waals surface area contributed by atoms with Crippen LogP contribution in [-0.2, 0) is 10.1 Å². The van der Waals surface area contributed by atoms with Gasteiger partial charge in [0.25, 0.3) is 0 Å². The summed E-state index contributed by atoms with van der Waals surface area (Å²) in [7, 11) is -4.21. The van der Waals surface area contributed by atoms with Crippen LogP contribution in [0.15, 0.2) is 0 Å². The molecule has 2 atom stereocenters. The van der Waals surface area contributed by atoms with E-state index in [1.807, 2.05) is 0 Å². The van der Waals surface area contributed by atoms with Gasteiger partial charge in [-0.3, -0.25) is 0 Å². The molecule has 0 fully saturated rings. The van der Waals surface area contributed by atoms with Crippen LogP contribution in [0.5, 0.6) is 0 Å². The van der Waals surface area contributed by atoms with Gasteiger partial charge in [0, 0.05) is 5.25 Å². The molecule has 0 aliphatic carbocycles. The predicted octanol–water partition coefficient (Wildman–Crippen LogP) is 3.72. The first-order valence-electron chi connectivity index (χ1n) is 12.0. The minimum absolute atomic E-state index is 0. The fourth-order valence-electron chi connectivity index (χ4n) is 3.82. The van der Waals surface area contributed by atoms with Gasteiger partial charge in [0.15, 0.2) is 0 Å². The van der Waals surface area contributed by atoms with Gasteiger partial charge in [-0.05, 0) is 32.1 Å². The molecule has 0 rings (SSSR count). The van der Waals surface area contributed by atoms with E-state index in [0.717, 1.165) is 32.1 Å². The molecule has 0 amide bonds. The van der Waals surface area contributed by atoms with Gasteiger partial charge in [0.05, 0.1) is 16.2 Å². The van der Waals surface area contributed by atoms with Gasteiger partial charge in [-0.25, -0.2) is 8.42 Å². The van der Waals surface area contributed by atoms with E-state index in [-0.39, 0.29) is 35.7 Å². The summed E-state index contributed by atoms with van der Waals surface area (Å²) in [6.45, 7) is 4.31. The van der Waals surface area contributed by atoms with Crippen LogP contribution in [0.1, 0.15) is 136 Å². The van der Waals surface area contributed by atoms with Crippen molar-refractivity contribution in [2.45, 2.75) is 147 Å². The Morgan fingerprint density at radius 3 is 1.45 bits per heavy atom. The number of rotatable bonds is 21. The molecule has 2 unspecified atom stereocenters. The van der Waals surface area contributed by atoms with Crippen molar-refractivity contribution in [1.29, 1.82) is 0 Å². The summed E-state index contributed by atoms with van der Waals surface area (Å²) in [5, 5.41) is 9.32. The summed E-state index contributed by atoms with van der Waals surface area (Å²) in [5.74, 6) is 0. The van der Waals surface area contributed by atoms with E-state index in [1.165, 1.54) is 64.2 Å². The van der Waals surface area contributed by atoms with Gasteiger partial charge in [-0.2, -0.15) is 0 Å². The summed E-state index contributed by atoms with van der Waals surface area (Å²) in [6, 6.07) is 0. The van der Waals surface area contributed by atoms with Crippen molar-refractivity contribution >= 4 is 10.1 Å². The van der Waals surface area contributed by atoms with Crippen molar-refractivity contribution in [3.8, 4) is 0 Å². The Kier molecular flexibility index (Phi) is 24.4. The standard InChI is InChI=1S/C23H48O4S.Na/c1-3-5-7-8-9-10-11-12-13-14-16-18-22(24)19-17-21-23(28(25,26)27)20-15-6-4-2;/h22-24H,3-21H2,1-2H3,(H,25,26,27);/q;+1/p-1. The summed E-state index contributed by atoms with van der Waals surface area (Å²) in [5.41, 5.74) is 0. The SMILES string of the molecule is CCCCCCCCCCCCCC(O)CCCC(CCCCC)S(=O)(=O)[O-].[Na+]. The van der Waals surface area contributed by atoms with Crippen LogP contribution in [0.4, 0.5) is 0 Å². The molecule has 0 radical (unpaired) electrons. The van der Waals surface area contributed by atoms with E-state index in [9.17, 15) is 18.1 Å².